The van der Waals surface area contributed by atoms with Gasteiger partial charge in [-0.05, 0) is 38.3 Å². The molecule has 140 valence electrons. The van der Waals surface area contributed by atoms with Crippen LogP contribution >= 0.6 is 11.3 Å². The van der Waals surface area contributed by atoms with E-state index in [9.17, 15) is 4.79 Å². The topological polar surface area (TPSA) is 68.8 Å². The maximum absolute atomic E-state index is 12.3. The molecule has 0 spiro atoms. The first-order valence-electron chi connectivity index (χ1n) is 9.51. The lowest BCUT2D eigenvalue weighted by Gasteiger charge is -2.24. The van der Waals surface area contributed by atoms with Crippen LogP contribution < -0.4 is 5.56 Å². The number of imidazole rings is 1. The van der Waals surface area contributed by atoms with Crippen molar-refractivity contribution in [2.75, 3.05) is 6.54 Å². The summed E-state index contributed by atoms with van der Waals surface area (Å²) in [6.07, 6.45) is 12.1. The van der Waals surface area contributed by atoms with E-state index in [4.69, 9.17) is 0 Å². The Hall–Kier alpha value is -2.32. The molecule has 0 N–H and O–H groups in total. The normalized spacial score (nSPS) is 20.4. The van der Waals surface area contributed by atoms with Crippen LogP contribution in [0, 0.1) is 0 Å². The second-order valence-corrected chi connectivity index (χ2v) is 8.53. The van der Waals surface area contributed by atoms with Crippen LogP contribution in [0.5, 0.6) is 0 Å². The molecule has 1 aliphatic carbocycles. The maximum Gasteiger partial charge on any atom is 0.266 e. The highest BCUT2D eigenvalue weighted by molar-refractivity contribution is 7.11. The third-order valence-electron chi connectivity index (χ3n) is 5.36. The summed E-state index contributed by atoms with van der Waals surface area (Å²) in [6, 6.07) is 3.66. The van der Waals surface area contributed by atoms with Gasteiger partial charge in [-0.3, -0.25) is 14.3 Å². The lowest BCUT2D eigenvalue weighted by Crippen LogP contribution is -2.36. The van der Waals surface area contributed by atoms with E-state index in [0.29, 0.717) is 24.3 Å². The minimum absolute atomic E-state index is 0.0560. The molecule has 3 aromatic heterocycles. The highest BCUT2D eigenvalue weighted by Crippen LogP contribution is 2.42. The van der Waals surface area contributed by atoms with Gasteiger partial charge in [0.05, 0.1) is 11.6 Å². The number of rotatable bonds is 6. The number of hydrogen-bond donors (Lipinski definition) is 0. The van der Waals surface area contributed by atoms with Crippen molar-refractivity contribution in [3.63, 3.8) is 0 Å². The first-order chi connectivity index (χ1) is 13.3. The molecule has 0 bridgehead atoms. The molecule has 0 radical (unpaired) electrons. The fourth-order valence-corrected chi connectivity index (χ4v) is 4.84. The van der Waals surface area contributed by atoms with Crippen molar-refractivity contribution in [3.8, 4) is 5.82 Å². The molecule has 3 aromatic rings. The van der Waals surface area contributed by atoms with Gasteiger partial charge >= 0.3 is 0 Å². The van der Waals surface area contributed by atoms with E-state index >= 15 is 0 Å². The molecule has 1 atom stereocenters. The Bertz CT molecular complexity index is 974. The molecule has 2 fully saturated rings. The third kappa shape index (κ3) is 3.59. The Morgan fingerprint density at radius 1 is 1.22 bits per heavy atom. The highest BCUT2D eigenvalue weighted by atomic mass is 32.1. The molecule has 5 rings (SSSR count). The zero-order chi connectivity index (χ0) is 18.2. The van der Waals surface area contributed by atoms with Crippen LogP contribution in [0.25, 0.3) is 5.82 Å². The van der Waals surface area contributed by atoms with E-state index in [0.717, 1.165) is 25.9 Å². The van der Waals surface area contributed by atoms with Crippen molar-refractivity contribution in [1.29, 1.82) is 0 Å². The summed E-state index contributed by atoms with van der Waals surface area (Å²) in [4.78, 5) is 24.8. The van der Waals surface area contributed by atoms with Crippen LogP contribution in [0.3, 0.4) is 0 Å². The van der Waals surface area contributed by atoms with Crippen LogP contribution in [-0.2, 0) is 13.1 Å². The summed E-state index contributed by atoms with van der Waals surface area (Å²) in [5, 5.41) is 5.84. The van der Waals surface area contributed by atoms with Gasteiger partial charge in [0.25, 0.3) is 5.56 Å². The van der Waals surface area contributed by atoms with Crippen molar-refractivity contribution in [2.24, 2.45) is 0 Å². The number of hydrogen-bond acceptors (Lipinski definition) is 6. The monoisotopic (exact) mass is 382 g/mol. The molecule has 8 heteroatoms. The predicted octanol–water partition coefficient (Wildman–Crippen LogP) is 2.43. The van der Waals surface area contributed by atoms with Gasteiger partial charge < -0.3 is 0 Å². The van der Waals surface area contributed by atoms with Gasteiger partial charge in [-0.2, -0.15) is 5.10 Å². The minimum Gasteiger partial charge on any atom is -0.293 e. The van der Waals surface area contributed by atoms with E-state index in [1.807, 2.05) is 28.3 Å². The first-order valence-corrected chi connectivity index (χ1v) is 10.3. The van der Waals surface area contributed by atoms with E-state index in [1.54, 1.807) is 29.3 Å². The Morgan fingerprint density at radius 2 is 2.15 bits per heavy atom. The van der Waals surface area contributed by atoms with Crippen molar-refractivity contribution >= 4 is 11.3 Å². The van der Waals surface area contributed by atoms with E-state index in [2.05, 4.69) is 20.0 Å². The number of aromatic nitrogens is 5. The van der Waals surface area contributed by atoms with Crippen molar-refractivity contribution in [3.05, 3.63) is 57.3 Å². The molecular formula is C19H22N6OS. The zero-order valence-corrected chi connectivity index (χ0v) is 15.9. The molecular weight excluding hydrogens is 360 g/mol. The predicted molar refractivity (Wildman–Crippen MR) is 103 cm³/mol. The van der Waals surface area contributed by atoms with Gasteiger partial charge in [-0.15, -0.1) is 11.3 Å². The molecule has 2 aliphatic rings. The lowest BCUT2D eigenvalue weighted by molar-refractivity contribution is 0.218. The van der Waals surface area contributed by atoms with Gasteiger partial charge in [-0.25, -0.2) is 14.6 Å². The summed E-state index contributed by atoms with van der Waals surface area (Å²) in [7, 11) is 0. The average molecular weight is 382 g/mol. The molecule has 0 aromatic carbocycles. The van der Waals surface area contributed by atoms with Crippen molar-refractivity contribution in [1.82, 2.24) is 29.2 Å². The Balaban J connectivity index is 1.31. The minimum atomic E-state index is -0.0560. The fourth-order valence-electron chi connectivity index (χ4n) is 3.73. The Labute approximate surface area is 161 Å². The quantitative estimate of drug-likeness (QED) is 0.655. The average Bonchev–Trinajstić information content (AvgIpc) is 3.07. The second-order valence-electron chi connectivity index (χ2n) is 7.39. The molecule has 0 amide bonds. The summed E-state index contributed by atoms with van der Waals surface area (Å²) in [5.74, 6) is 1.43. The van der Waals surface area contributed by atoms with Crippen LogP contribution in [-0.4, -0.2) is 41.8 Å². The van der Waals surface area contributed by atoms with Gasteiger partial charge in [0, 0.05) is 48.0 Å². The summed E-state index contributed by atoms with van der Waals surface area (Å²) in [6.45, 7) is 2.61. The number of thiazole rings is 1. The number of likely N-dealkylation sites (tertiary alicyclic amines) is 1. The van der Waals surface area contributed by atoms with Gasteiger partial charge in [0.1, 0.15) is 6.33 Å². The van der Waals surface area contributed by atoms with Gasteiger partial charge in [-0.1, -0.05) is 0 Å². The largest absolute Gasteiger partial charge is 0.293 e. The summed E-state index contributed by atoms with van der Waals surface area (Å²) in [5.41, 5.74) is -0.0560. The summed E-state index contributed by atoms with van der Waals surface area (Å²) < 4.78 is 3.42. The third-order valence-corrected chi connectivity index (χ3v) is 6.51. The lowest BCUT2D eigenvalue weighted by atomic mass is 10.2. The Morgan fingerprint density at radius 3 is 2.96 bits per heavy atom. The van der Waals surface area contributed by atoms with E-state index < -0.39 is 0 Å². The molecule has 7 nitrogen and oxygen atoms in total. The van der Waals surface area contributed by atoms with Crippen molar-refractivity contribution in [2.45, 2.75) is 50.7 Å². The van der Waals surface area contributed by atoms with Crippen molar-refractivity contribution < 1.29 is 0 Å². The number of nitrogens with zero attached hydrogens (tertiary/aromatic N) is 6. The zero-order valence-electron chi connectivity index (χ0n) is 15.1. The second kappa shape index (κ2) is 7.01. The maximum atomic E-state index is 12.3. The van der Waals surface area contributed by atoms with Gasteiger partial charge in [0.2, 0.25) is 0 Å². The van der Waals surface area contributed by atoms with Crippen LogP contribution in [0.2, 0.25) is 0 Å². The highest BCUT2D eigenvalue weighted by Gasteiger charge is 2.29. The molecule has 27 heavy (non-hydrogen) atoms. The van der Waals surface area contributed by atoms with Crippen LogP contribution in [0.4, 0.5) is 0 Å². The molecule has 1 aliphatic heterocycles. The SMILES string of the molecule is O=c1ccc(-n2ccnc2)nn1CC1CCCN1Cc1cnc(C2CC2)s1. The fraction of sp³-hybridized carbons (Fsp3) is 0.474. The standard InChI is InChI=1S/C19H22N6OS/c26-18-6-5-17(24-9-7-20-13-24)22-25(18)11-15-2-1-8-23(15)12-16-10-21-19(27-16)14-3-4-14/h5-7,9-10,13-15H,1-4,8,11-12H2. The Kier molecular flexibility index (Phi) is 4.37. The summed E-state index contributed by atoms with van der Waals surface area (Å²) >= 11 is 1.86. The van der Waals surface area contributed by atoms with E-state index in [-0.39, 0.29) is 5.56 Å². The van der Waals surface area contributed by atoms with Crippen LogP contribution in [0.1, 0.15) is 41.5 Å². The molecule has 1 unspecified atom stereocenters. The smallest absolute Gasteiger partial charge is 0.266 e. The van der Waals surface area contributed by atoms with Gasteiger partial charge in [0.15, 0.2) is 5.82 Å². The van der Waals surface area contributed by atoms with Crippen LogP contribution in [0.15, 0.2) is 41.8 Å². The molecule has 4 heterocycles. The molecule has 1 saturated carbocycles. The van der Waals surface area contributed by atoms with E-state index in [1.165, 1.54) is 22.7 Å². The first kappa shape index (κ1) is 16.8. The molecule has 1 saturated heterocycles.